The van der Waals surface area contributed by atoms with Crippen molar-refractivity contribution in [3.63, 3.8) is 0 Å². The Bertz CT molecular complexity index is 964. The maximum Gasteiger partial charge on any atom is 0.278 e. The number of carbonyl (C=O) groups excluding carboxylic acids is 2. The van der Waals surface area contributed by atoms with Crippen molar-refractivity contribution >= 4 is 17.4 Å². The third-order valence-corrected chi connectivity index (χ3v) is 5.29. The number of aryl methyl sites for hydroxylation is 2. The average molecular weight is 424 g/mol. The summed E-state index contributed by atoms with van der Waals surface area (Å²) in [4.78, 5) is 34.6. The van der Waals surface area contributed by atoms with E-state index in [1.165, 1.54) is 4.90 Å². The van der Waals surface area contributed by atoms with Gasteiger partial charge in [0, 0.05) is 33.5 Å². The Hall–Kier alpha value is -3.03. The number of imide groups is 1. The molecule has 164 valence electrons. The molecule has 0 aliphatic carbocycles. The lowest BCUT2D eigenvalue weighted by molar-refractivity contribution is -0.138. The SMILES string of the molecule is COCCN(CCOC)C1=C(c2ccc(C)cc2C)C(=O)N(Cc2ccccn2)C1=O. The molecular formula is C24H29N3O4. The van der Waals surface area contributed by atoms with E-state index in [0.717, 1.165) is 16.7 Å². The Morgan fingerprint density at radius 3 is 2.26 bits per heavy atom. The van der Waals surface area contributed by atoms with Crippen LogP contribution < -0.4 is 0 Å². The Morgan fingerprint density at radius 1 is 0.968 bits per heavy atom. The van der Waals surface area contributed by atoms with Crippen LogP contribution in [0.1, 0.15) is 22.4 Å². The molecule has 0 fully saturated rings. The number of ether oxygens (including phenoxy) is 2. The minimum atomic E-state index is -0.321. The van der Waals surface area contributed by atoms with Crippen LogP contribution in [0.2, 0.25) is 0 Å². The standard InChI is InChI=1S/C24H29N3O4/c1-17-8-9-20(18(2)15-17)21-22(26(11-13-30-3)12-14-31-4)24(29)27(23(21)28)16-19-7-5-6-10-25-19/h5-10,15H,11-14,16H2,1-4H3. The normalized spacial score (nSPS) is 14.0. The van der Waals surface area contributed by atoms with Crippen molar-refractivity contribution in [2.45, 2.75) is 20.4 Å². The third-order valence-electron chi connectivity index (χ3n) is 5.29. The molecule has 0 spiro atoms. The molecule has 3 rings (SSSR count). The fraction of sp³-hybridized carbons (Fsp3) is 0.375. The van der Waals surface area contributed by atoms with Gasteiger partial charge in [0.1, 0.15) is 5.70 Å². The van der Waals surface area contributed by atoms with E-state index in [4.69, 9.17) is 9.47 Å². The summed E-state index contributed by atoms with van der Waals surface area (Å²) in [6.45, 7) is 5.88. The van der Waals surface area contributed by atoms with Crippen molar-refractivity contribution in [3.8, 4) is 0 Å². The molecule has 7 nitrogen and oxygen atoms in total. The molecule has 0 N–H and O–H groups in total. The molecule has 0 unspecified atom stereocenters. The van der Waals surface area contributed by atoms with Crippen molar-refractivity contribution in [2.24, 2.45) is 0 Å². The molecule has 0 saturated carbocycles. The first kappa shape index (κ1) is 22.7. The molecule has 0 bridgehead atoms. The summed E-state index contributed by atoms with van der Waals surface area (Å²) in [5.74, 6) is -0.629. The maximum absolute atomic E-state index is 13.6. The van der Waals surface area contributed by atoms with Gasteiger partial charge >= 0.3 is 0 Å². The lowest BCUT2D eigenvalue weighted by Gasteiger charge is -2.25. The molecule has 1 aromatic carbocycles. The van der Waals surface area contributed by atoms with Gasteiger partial charge in [-0.25, -0.2) is 0 Å². The fourth-order valence-electron chi connectivity index (χ4n) is 3.73. The predicted molar refractivity (Wildman–Crippen MR) is 118 cm³/mol. The zero-order valence-electron chi connectivity index (χ0n) is 18.6. The Labute approximate surface area is 183 Å². The van der Waals surface area contributed by atoms with E-state index in [-0.39, 0.29) is 18.4 Å². The van der Waals surface area contributed by atoms with Crippen molar-refractivity contribution in [3.05, 3.63) is 70.7 Å². The second-order valence-electron chi connectivity index (χ2n) is 7.53. The van der Waals surface area contributed by atoms with Crippen molar-refractivity contribution in [1.82, 2.24) is 14.8 Å². The van der Waals surface area contributed by atoms with Crippen LogP contribution in [0.15, 0.2) is 48.3 Å². The average Bonchev–Trinajstić information content (AvgIpc) is 2.99. The smallest absolute Gasteiger partial charge is 0.278 e. The minimum Gasteiger partial charge on any atom is -0.383 e. The topological polar surface area (TPSA) is 72.0 Å². The van der Waals surface area contributed by atoms with Gasteiger partial charge in [-0.15, -0.1) is 0 Å². The van der Waals surface area contributed by atoms with Gasteiger partial charge in [0.25, 0.3) is 11.8 Å². The zero-order chi connectivity index (χ0) is 22.4. The van der Waals surface area contributed by atoms with Gasteiger partial charge in [-0.1, -0.05) is 29.8 Å². The summed E-state index contributed by atoms with van der Waals surface area (Å²) in [6, 6.07) is 11.4. The number of benzene rings is 1. The monoisotopic (exact) mass is 423 g/mol. The molecule has 0 saturated heterocycles. The van der Waals surface area contributed by atoms with E-state index in [0.29, 0.717) is 43.3 Å². The van der Waals surface area contributed by atoms with Crippen LogP contribution in [0.4, 0.5) is 0 Å². The van der Waals surface area contributed by atoms with Gasteiger partial charge in [0.15, 0.2) is 0 Å². The second-order valence-corrected chi connectivity index (χ2v) is 7.53. The largest absolute Gasteiger partial charge is 0.383 e. The number of carbonyl (C=O) groups is 2. The van der Waals surface area contributed by atoms with E-state index >= 15 is 0 Å². The maximum atomic E-state index is 13.6. The van der Waals surface area contributed by atoms with Crippen molar-refractivity contribution < 1.29 is 19.1 Å². The Morgan fingerprint density at radius 2 is 1.68 bits per heavy atom. The van der Waals surface area contributed by atoms with Crippen molar-refractivity contribution in [2.75, 3.05) is 40.5 Å². The van der Waals surface area contributed by atoms with Gasteiger partial charge in [0.05, 0.1) is 31.0 Å². The molecule has 1 aliphatic heterocycles. The van der Waals surface area contributed by atoms with Crippen LogP contribution in [0.5, 0.6) is 0 Å². The summed E-state index contributed by atoms with van der Waals surface area (Å²) in [7, 11) is 3.23. The van der Waals surface area contributed by atoms with Gasteiger partial charge in [-0.2, -0.15) is 0 Å². The lowest BCUT2D eigenvalue weighted by Crippen LogP contribution is -2.37. The van der Waals surface area contributed by atoms with E-state index in [2.05, 4.69) is 4.98 Å². The molecule has 2 amide bonds. The van der Waals surface area contributed by atoms with E-state index in [1.807, 2.05) is 49.1 Å². The molecule has 1 aliphatic rings. The molecule has 0 atom stereocenters. The van der Waals surface area contributed by atoms with Crippen LogP contribution in [-0.4, -0.2) is 67.1 Å². The first-order chi connectivity index (χ1) is 15.0. The molecule has 2 heterocycles. The summed E-state index contributed by atoms with van der Waals surface area (Å²) in [5.41, 5.74) is 4.29. The third kappa shape index (κ3) is 5.00. The number of hydrogen-bond donors (Lipinski definition) is 0. The minimum absolute atomic E-state index is 0.124. The number of nitrogens with zero attached hydrogens (tertiary/aromatic N) is 3. The molecule has 31 heavy (non-hydrogen) atoms. The quantitative estimate of drug-likeness (QED) is 0.547. The zero-order valence-corrected chi connectivity index (χ0v) is 18.6. The highest BCUT2D eigenvalue weighted by Crippen LogP contribution is 2.34. The lowest BCUT2D eigenvalue weighted by atomic mass is 9.97. The first-order valence-corrected chi connectivity index (χ1v) is 10.3. The number of hydrogen-bond acceptors (Lipinski definition) is 6. The van der Waals surface area contributed by atoms with Crippen LogP contribution in [0.25, 0.3) is 5.57 Å². The number of aromatic nitrogens is 1. The number of rotatable bonds is 10. The first-order valence-electron chi connectivity index (χ1n) is 10.3. The predicted octanol–water partition coefficient (Wildman–Crippen LogP) is 2.57. The highest BCUT2D eigenvalue weighted by Gasteiger charge is 2.42. The van der Waals surface area contributed by atoms with Gasteiger partial charge in [-0.05, 0) is 37.1 Å². The van der Waals surface area contributed by atoms with Gasteiger partial charge in [-0.3, -0.25) is 19.5 Å². The summed E-state index contributed by atoms with van der Waals surface area (Å²) in [6.07, 6.45) is 1.66. The van der Waals surface area contributed by atoms with E-state index in [9.17, 15) is 9.59 Å². The molecular weight excluding hydrogens is 394 g/mol. The molecule has 2 aromatic rings. The highest BCUT2D eigenvalue weighted by atomic mass is 16.5. The van der Waals surface area contributed by atoms with Crippen LogP contribution in [-0.2, 0) is 25.6 Å². The van der Waals surface area contributed by atoms with Crippen LogP contribution in [0.3, 0.4) is 0 Å². The fourth-order valence-corrected chi connectivity index (χ4v) is 3.73. The van der Waals surface area contributed by atoms with E-state index in [1.54, 1.807) is 26.5 Å². The Balaban J connectivity index is 2.08. The molecule has 0 radical (unpaired) electrons. The highest BCUT2D eigenvalue weighted by molar-refractivity contribution is 6.35. The number of pyridine rings is 1. The second kappa shape index (κ2) is 10.3. The van der Waals surface area contributed by atoms with Crippen LogP contribution in [0, 0.1) is 13.8 Å². The number of amides is 2. The van der Waals surface area contributed by atoms with Crippen molar-refractivity contribution in [1.29, 1.82) is 0 Å². The summed E-state index contributed by atoms with van der Waals surface area (Å²) in [5, 5.41) is 0. The Kier molecular flexibility index (Phi) is 7.55. The molecule has 7 heteroatoms. The summed E-state index contributed by atoms with van der Waals surface area (Å²) >= 11 is 0. The van der Waals surface area contributed by atoms with E-state index < -0.39 is 0 Å². The van der Waals surface area contributed by atoms with Crippen LogP contribution >= 0.6 is 0 Å². The number of methoxy groups -OCH3 is 2. The molecule has 1 aromatic heterocycles. The summed E-state index contributed by atoms with van der Waals surface area (Å²) < 4.78 is 10.5. The van der Waals surface area contributed by atoms with Gasteiger partial charge < -0.3 is 14.4 Å². The van der Waals surface area contributed by atoms with Gasteiger partial charge in [0.2, 0.25) is 0 Å².